The summed E-state index contributed by atoms with van der Waals surface area (Å²) in [6.07, 6.45) is 6.33. The lowest BCUT2D eigenvalue weighted by molar-refractivity contribution is -0.135. The van der Waals surface area contributed by atoms with Crippen LogP contribution in [0.4, 0.5) is 5.69 Å². The summed E-state index contributed by atoms with van der Waals surface area (Å²) < 4.78 is 1.96. The number of hydrogen-bond donors (Lipinski definition) is 2. The van der Waals surface area contributed by atoms with E-state index in [2.05, 4.69) is 36.2 Å². The van der Waals surface area contributed by atoms with Crippen LogP contribution < -0.4 is 10.6 Å². The number of nitrogens with zero attached hydrogens (tertiary/aromatic N) is 4. The zero-order chi connectivity index (χ0) is 26.4. The summed E-state index contributed by atoms with van der Waals surface area (Å²) in [5.41, 5.74) is 2.66. The molecular weight excluding hydrogens is 472 g/mol. The van der Waals surface area contributed by atoms with Crippen LogP contribution in [-0.4, -0.2) is 61.3 Å². The number of fused-ring (bicyclic) bond motifs is 1. The summed E-state index contributed by atoms with van der Waals surface area (Å²) in [6.45, 7) is 9.94. The van der Waals surface area contributed by atoms with Crippen molar-refractivity contribution in [2.45, 2.75) is 77.2 Å². The summed E-state index contributed by atoms with van der Waals surface area (Å²) in [4.78, 5) is 53.9. The molecule has 3 aliphatic heterocycles. The maximum Gasteiger partial charge on any atom is 0.264 e. The van der Waals surface area contributed by atoms with Gasteiger partial charge in [0.2, 0.25) is 11.8 Å². The molecule has 4 heterocycles. The van der Waals surface area contributed by atoms with Crippen LogP contribution in [0, 0.1) is 0 Å². The fourth-order valence-electron chi connectivity index (χ4n) is 5.99. The Morgan fingerprint density at radius 3 is 2.57 bits per heavy atom. The van der Waals surface area contributed by atoms with E-state index in [1.807, 2.05) is 15.8 Å². The van der Waals surface area contributed by atoms with Gasteiger partial charge in [-0.15, -0.1) is 0 Å². The Morgan fingerprint density at radius 2 is 1.89 bits per heavy atom. The molecule has 10 heteroatoms. The van der Waals surface area contributed by atoms with Crippen LogP contribution in [0.15, 0.2) is 42.9 Å². The van der Waals surface area contributed by atoms with E-state index in [1.165, 1.54) is 0 Å². The van der Waals surface area contributed by atoms with Crippen molar-refractivity contribution in [1.82, 2.24) is 24.9 Å². The number of benzene rings is 1. The first-order valence-corrected chi connectivity index (χ1v) is 12.7. The predicted octanol–water partition coefficient (Wildman–Crippen LogP) is 2.84. The molecule has 4 amide bonds. The van der Waals surface area contributed by atoms with Crippen molar-refractivity contribution < 1.29 is 19.2 Å². The lowest BCUT2D eigenvalue weighted by Gasteiger charge is -2.42. The number of piperidine rings is 2. The number of carbonyl (C=O) groups is 4. The van der Waals surface area contributed by atoms with Gasteiger partial charge < -0.3 is 15.5 Å². The first-order chi connectivity index (χ1) is 17.7. The van der Waals surface area contributed by atoms with Gasteiger partial charge in [0.1, 0.15) is 6.04 Å². The molecule has 2 fully saturated rings. The molecule has 0 spiro atoms. The normalized spacial score (nSPS) is 25.8. The highest BCUT2D eigenvalue weighted by Gasteiger charge is 2.45. The number of rotatable bonds is 5. The van der Waals surface area contributed by atoms with Crippen molar-refractivity contribution in [3.63, 3.8) is 0 Å². The van der Waals surface area contributed by atoms with E-state index in [9.17, 15) is 19.2 Å². The van der Waals surface area contributed by atoms with Gasteiger partial charge in [0.25, 0.3) is 11.8 Å². The average Bonchev–Trinajstić information content (AvgIpc) is 3.41. The largest absolute Gasteiger partial charge is 0.380 e. The van der Waals surface area contributed by atoms with E-state index >= 15 is 0 Å². The zero-order valence-electron chi connectivity index (χ0n) is 21.4. The molecule has 4 atom stereocenters. The first-order valence-electron chi connectivity index (χ1n) is 12.7. The predicted molar refractivity (Wildman–Crippen MR) is 137 cm³/mol. The number of allylic oxidation sites excluding steroid dienone is 1. The standard InChI is InChI=1S/C27H32N6O4/c1-15-8-9-23(25(35)30-15)33-26(36)21-6-5-7-22(24(21)27(33)37)28-12-19-13-29-31(14-19)20-10-16(2)32(18(4)34)17(3)11-20/h5-7,13-14,16-17,20,23,28H,1,8-12H2,2-4H3,(H,30,35)/t16-,17+,20?,23?. The van der Waals surface area contributed by atoms with Crippen LogP contribution in [0.5, 0.6) is 0 Å². The highest BCUT2D eigenvalue weighted by Crippen LogP contribution is 2.34. The van der Waals surface area contributed by atoms with Crippen molar-refractivity contribution in [1.29, 1.82) is 0 Å². The number of imide groups is 1. The van der Waals surface area contributed by atoms with Crippen LogP contribution >= 0.6 is 0 Å². The molecule has 1 aromatic heterocycles. The van der Waals surface area contributed by atoms with E-state index in [-0.39, 0.29) is 35.5 Å². The molecule has 10 nitrogen and oxygen atoms in total. The van der Waals surface area contributed by atoms with Gasteiger partial charge >= 0.3 is 0 Å². The van der Waals surface area contributed by atoms with Crippen LogP contribution in [0.3, 0.4) is 0 Å². The minimum absolute atomic E-state index is 0.0976. The van der Waals surface area contributed by atoms with Crippen LogP contribution in [0.2, 0.25) is 0 Å². The third kappa shape index (κ3) is 4.41. The third-order valence-corrected chi connectivity index (χ3v) is 7.63. The third-order valence-electron chi connectivity index (χ3n) is 7.63. The minimum Gasteiger partial charge on any atom is -0.380 e. The maximum absolute atomic E-state index is 13.3. The number of amides is 4. The Morgan fingerprint density at radius 1 is 1.16 bits per heavy atom. The number of hydrogen-bond acceptors (Lipinski definition) is 6. The van der Waals surface area contributed by atoms with Crippen molar-refractivity contribution in [2.75, 3.05) is 5.32 Å². The number of anilines is 1. The smallest absolute Gasteiger partial charge is 0.264 e. The van der Waals surface area contributed by atoms with Crippen LogP contribution in [0.25, 0.3) is 0 Å². The lowest BCUT2D eigenvalue weighted by Crippen LogP contribution is -2.51. The van der Waals surface area contributed by atoms with Crippen molar-refractivity contribution in [3.8, 4) is 0 Å². The molecule has 5 rings (SSSR count). The van der Waals surface area contributed by atoms with Gasteiger partial charge in [0, 0.05) is 48.7 Å². The highest BCUT2D eigenvalue weighted by atomic mass is 16.2. The van der Waals surface area contributed by atoms with Crippen LogP contribution in [-0.2, 0) is 16.1 Å². The van der Waals surface area contributed by atoms with Crippen LogP contribution in [0.1, 0.15) is 78.8 Å². The summed E-state index contributed by atoms with van der Waals surface area (Å²) >= 11 is 0. The summed E-state index contributed by atoms with van der Waals surface area (Å²) in [6, 6.07) is 4.74. The van der Waals surface area contributed by atoms with Crippen molar-refractivity contribution in [3.05, 3.63) is 59.6 Å². The molecule has 194 valence electrons. The molecule has 0 radical (unpaired) electrons. The SMILES string of the molecule is C=C1CCC(N2C(=O)c3cccc(NCc4cnn(C5C[C@@H](C)N(C(C)=O)[C@@H](C)C5)c4)c3C2=O)C(=O)N1. The number of nitrogens with one attached hydrogen (secondary N) is 2. The summed E-state index contributed by atoms with van der Waals surface area (Å²) in [5.74, 6) is -1.21. The Kier molecular flexibility index (Phi) is 6.35. The van der Waals surface area contributed by atoms with Gasteiger partial charge in [-0.1, -0.05) is 12.6 Å². The maximum atomic E-state index is 13.3. The van der Waals surface area contributed by atoms with Gasteiger partial charge in [0.15, 0.2) is 0 Å². The number of carbonyl (C=O) groups excluding carboxylic acids is 4. The zero-order valence-corrected chi connectivity index (χ0v) is 21.4. The summed E-state index contributed by atoms with van der Waals surface area (Å²) in [7, 11) is 0. The van der Waals surface area contributed by atoms with E-state index in [1.54, 1.807) is 31.3 Å². The second-order valence-corrected chi connectivity index (χ2v) is 10.3. The topological polar surface area (TPSA) is 117 Å². The second kappa shape index (κ2) is 9.49. The van der Waals surface area contributed by atoms with Crippen molar-refractivity contribution in [2.24, 2.45) is 0 Å². The van der Waals surface area contributed by atoms with Gasteiger partial charge in [-0.05, 0) is 51.7 Å². The molecule has 0 bridgehead atoms. The molecule has 2 saturated heterocycles. The van der Waals surface area contributed by atoms with E-state index in [4.69, 9.17) is 0 Å². The first kappa shape index (κ1) is 24.7. The lowest BCUT2D eigenvalue weighted by atomic mass is 9.93. The average molecular weight is 505 g/mol. The molecular formula is C27H32N6O4. The quantitative estimate of drug-likeness (QED) is 0.605. The fourth-order valence-corrected chi connectivity index (χ4v) is 5.99. The van der Waals surface area contributed by atoms with Gasteiger partial charge in [-0.25, -0.2) is 0 Å². The Labute approximate surface area is 215 Å². The number of likely N-dealkylation sites (tertiary alicyclic amines) is 1. The molecule has 2 N–H and O–H groups in total. The molecule has 3 aliphatic rings. The molecule has 2 aromatic rings. The minimum atomic E-state index is -0.844. The van der Waals surface area contributed by atoms with E-state index < -0.39 is 17.9 Å². The highest BCUT2D eigenvalue weighted by molar-refractivity contribution is 6.25. The molecule has 0 saturated carbocycles. The van der Waals surface area contributed by atoms with E-state index in [0.717, 1.165) is 23.3 Å². The van der Waals surface area contributed by atoms with Gasteiger partial charge in [-0.3, -0.25) is 28.8 Å². The van der Waals surface area contributed by atoms with Gasteiger partial charge in [-0.2, -0.15) is 5.10 Å². The van der Waals surface area contributed by atoms with Gasteiger partial charge in [0.05, 0.1) is 23.4 Å². The Bertz CT molecular complexity index is 1290. The molecule has 2 unspecified atom stereocenters. The molecule has 1 aromatic carbocycles. The fraction of sp³-hybridized carbons (Fsp3) is 0.444. The second-order valence-electron chi connectivity index (χ2n) is 10.3. The summed E-state index contributed by atoms with van der Waals surface area (Å²) in [5, 5.41) is 10.5. The molecule has 0 aliphatic carbocycles. The van der Waals surface area contributed by atoms with Crippen molar-refractivity contribution >= 4 is 29.3 Å². The Hall–Kier alpha value is -3.95. The number of aromatic nitrogens is 2. The molecule has 37 heavy (non-hydrogen) atoms. The Balaban J connectivity index is 1.29. The van der Waals surface area contributed by atoms with E-state index in [0.29, 0.717) is 36.3 Å². The monoisotopic (exact) mass is 504 g/mol.